The van der Waals surface area contributed by atoms with Crippen LogP contribution in [-0.2, 0) is 6.42 Å². The van der Waals surface area contributed by atoms with Crippen LogP contribution < -0.4 is 5.32 Å². The minimum absolute atomic E-state index is 0.0574. The molecule has 1 unspecified atom stereocenters. The number of fused-ring (bicyclic) bond motifs is 1. The first-order valence-electron chi connectivity index (χ1n) is 6.42. The van der Waals surface area contributed by atoms with E-state index in [9.17, 15) is 10.1 Å². The van der Waals surface area contributed by atoms with E-state index in [1.807, 2.05) is 0 Å². The minimum Gasteiger partial charge on any atom is -0.378 e. The van der Waals surface area contributed by atoms with Crippen molar-refractivity contribution in [3.05, 3.63) is 55.2 Å². The highest BCUT2D eigenvalue weighted by Crippen LogP contribution is 2.36. The zero-order chi connectivity index (χ0) is 14.1. The number of rotatable bonds is 3. The number of nitrogens with one attached hydrogen (secondary N) is 1. The van der Waals surface area contributed by atoms with E-state index in [0.29, 0.717) is 0 Å². The van der Waals surface area contributed by atoms with Crippen molar-refractivity contribution in [3.8, 4) is 0 Å². The van der Waals surface area contributed by atoms with Gasteiger partial charge in [-0.3, -0.25) is 10.1 Å². The van der Waals surface area contributed by atoms with Crippen molar-refractivity contribution in [1.29, 1.82) is 0 Å². The summed E-state index contributed by atoms with van der Waals surface area (Å²) in [5, 5.41) is 16.6. The van der Waals surface area contributed by atoms with Crippen molar-refractivity contribution in [2.45, 2.75) is 25.3 Å². The number of nitrogens with zero attached hydrogens (tertiary/aromatic N) is 1. The van der Waals surface area contributed by atoms with Crippen LogP contribution >= 0.6 is 22.9 Å². The fourth-order valence-corrected chi connectivity index (χ4v) is 3.75. The lowest BCUT2D eigenvalue weighted by molar-refractivity contribution is -0.384. The highest BCUT2D eigenvalue weighted by molar-refractivity contribution is 7.10. The summed E-state index contributed by atoms with van der Waals surface area (Å²) in [5.74, 6) is 0. The van der Waals surface area contributed by atoms with Gasteiger partial charge in [-0.2, -0.15) is 0 Å². The number of hydrogen-bond acceptors (Lipinski definition) is 4. The van der Waals surface area contributed by atoms with Gasteiger partial charge in [-0.15, -0.1) is 11.3 Å². The SMILES string of the molecule is O=[N+]([O-])c1cc(NC2CCCc3sccc32)ccc1Cl. The van der Waals surface area contributed by atoms with Crippen LogP contribution in [0.25, 0.3) is 0 Å². The summed E-state index contributed by atoms with van der Waals surface area (Å²) in [4.78, 5) is 11.9. The first kappa shape index (κ1) is 13.4. The van der Waals surface area contributed by atoms with E-state index in [0.717, 1.165) is 24.9 Å². The molecule has 104 valence electrons. The molecule has 1 aliphatic rings. The van der Waals surface area contributed by atoms with E-state index in [1.54, 1.807) is 23.5 Å². The molecule has 0 bridgehead atoms. The van der Waals surface area contributed by atoms with Crippen molar-refractivity contribution in [3.63, 3.8) is 0 Å². The van der Waals surface area contributed by atoms with E-state index in [4.69, 9.17) is 11.6 Å². The van der Waals surface area contributed by atoms with Gasteiger partial charge < -0.3 is 5.32 Å². The summed E-state index contributed by atoms with van der Waals surface area (Å²) >= 11 is 7.61. The number of hydrogen-bond donors (Lipinski definition) is 1. The molecule has 1 heterocycles. The molecular formula is C14H13ClN2O2S. The third kappa shape index (κ3) is 2.51. The van der Waals surface area contributed by atoms with Gasteiger partial charge >= 0.3 is 0 Å². The van der Waals surface area contributed by atoms with Gasteiger partial charge in [0, 0.05) is 16.6 Å². The summed E-state index contributed by atoms with van der Waals surface area (Å²) in [7, 11) is 0. The predicted molar refractivity (Wildman–Crippen MR) is 81.7 cm³/mol. The summed E-state index contributed by atoms with van der Waals surface area (Å²) in [6.07, 6.45) is 3.31. The van der Waals surface area contributed by atoms with Crippen LogP contribution in [0.2, 0.25) is 5.02 Å². The van der Waals surface area contributed by atoms with Gasteiger partial charge in [0.2, 0.25) is 0 Å². The summed E-state index contributed by atoms with van der Waals surface area (Å²) in [6.45, 7) is 0. The first-order chi connectivity index (χ1) is 9.65. The van der Waals surface area contributed by atoms with Gasteiger partial charge in [0.1, 0.15) is 5.02 Å². The lowest BCUT2D eigenvalue weighted by Crippen LogP contribution is -2.15. The topological polar surface area (TPSA) is 55.2 Å². The van der Waals surface area contributed by atoms with Crippen molar-refractivity contribution in [1.82, 2.24) is 0 Å². The van der Waals surface area contributed by atoms with Crippen LogP contribution in [0.4, 0.5) is 11.4 Å². The van der Waals surface area contributed by atoms with E-state index in [2.05, 4.69) is 16.8 Å². The molecule has 0 saturated carbocycles. The van der Waals surface area contributed by atoms with E-state index in [-0.39, 0.29) is 16.8 Å². The zero-order valence-electron chi connectivity index (χ0n) is 10.6. The molecule has 1 N–H and O–H groups in total. The number of anilines is 1. The van der Waals surface area contributed by atoms with Crippen LogP contribution in [0.3, 0.4) is 0 Å². The van der Waals surface area contributed by atoms with Crippen molar-refractivity contribution in [2.75, 3.05) is 5.32 Å². The Hall–Kier alpha value is -1.59. The average molecular weight is 309 g/mol. The third-order valence-electron chi connectivity index (χ3n) is 3.54. The van der Waals surface area contributed by atoms with Crippen LogP contribution in [0.1, 0.15) is 29.3 Å². The van der Waals surface area contributed by atoms with Crippen LogP contribution in [0.15, 0.2) is 29.6 Å². The Kier molecular flexibility index (Phi) is 3.63. The molecule has 0 spiro atoms. The average Bonchev–Trinajstić information content (AvgIpc) is 2.90. The lowest BCUT2D eigenvalue weighted by Gasteiger charge is -2.24. The maximum Gasteiger partial charge on any atom is 0.289 e. The second-order valence-electron chi connectivity index (χ2n) is 4.81. The van der Waals surface area contributed by atoms with Crippen LogP contribution in [-0.4, -0.2) is 4.92 Å². The molecule has 1 aliphatic carbocycles. The monoisotopic (exact) mass is 308 g/mol. The smallest absolute Gasteiger partial charge is 0.289 e. The molecule has 0 aliphatic heterocycles. The molecule has 1 aromatic heterocycles. The fraction of sp³-hybridized carbons (Fsp3) is 0.286. The summed E-state index contributed by atoms with van der Waals surface area (Å²) in [6, 6.07) is 7.23. The summed E-state index contributed by atoms with van der Waals surface area (Å²) in [5.41, 5.74) is 2.00. The van der Waals surface area contributed by atoms with Crippen molar-refractivity contribution >= 4 is 34.3 Å². The van der Waals surface area contributed by atoms with Gasteiger partial charge in [-0.25, -0.2) is 0 Å². The first-order valence-corrected chi connectivity index (χ1v) is 7.67. The Bertz CT molecular complexity index is 656. The van der Waals surface area contributed by atoms with E-state index >= 15 is 0 Å². The number of nitro benzene ring substituents is 1. The number of aryl methyl sites for hydroxylation is 1. The molecular weight excluding hydrogens is 296 g/mol. The lowest BCUT2D eigenvalue weighted by atomic mass is 9.94. The van der Waals surface area contributed by atoms with Gasteiger partial charge in [-0.1, -0.05) is 11.6 Å². The van der Waals surface area contributed by atoms with E-state index in [1.165, 1.54) is 16.5 Å². The maximum atomic E-state index is 10.9. The van der Waals surface area contributed by atoms with E-state index < -0.39 is 4.92 Å². The number of nitro groups is 1. The minimum atomic E-state index is -0.454. The van der Waals surface area contributed by atoms with Crippen LogP contribution in [0.5, 0.6) is 0 Å². The fourth-order valence-electron chi connectivity index (χ4n) is 2.58. The maximum absolute atomic E-state index is 10.9. The molecule has 0 fully saturated rings. The highest BCUT2D eigenvalue weighted by Gasteiger charge is 2.22. The van der Waals surface area contributed by atoms with Gasteiger partial charge in [0.05, 0.1) is 11.0 Å². The Morgan fingerprint density at radius 3 is 3.05 bits per heavy atom. The largest absolute Gasteiger partial charge is 0.378 e. The second kappa shape index (κ2) is 5.42. The molecule has 6 heteroatoms. The molecule has 4 nitrogen and oxygen atoms in total. The molecule has 20 heavy (non-hydrogen) atoms. The molecule has 0 radical (unpaired) electrons. The molecule has 3 rings (SSSR count). The molecule has 0 saturated heterocycles. The predicted octanol–water partition coefficient (Wildman–Crippen LogP) is 4.80. The normalized spacial score (nSPS) is 17.6. The Morgan fingerprint density at radius 1 is 1.40 bits per heavy atom. The Morgan fingerprint density at radius 2 is 2.25 bits per heavy atom. The Labute approximate surface area is 125 Å². The number of halogens is 1. The van der Waals surface area contributed by atoms with Crippen molar-refractivity contribution in [2.24, 2.45) is 0 Å². The van der Waals surface area contributed by atoms with Gasteiger partial charge in [0.25, 0.3) is 5.69 Å². The van der Waals surface area contributed by atoms with Crippen molar-refractivity contribution < 1.29 is 4.92 Å². The highest BCUT2D eigenvalue weighted by atomic mass is 35.5. The second-order valence-corrected chi connectivity index (χ2v) is 6.22. The third-order valence-corrected chi connectivity index (χ3v) is 4.85. The Balaban J connectivity index is 1.86. The molecule has 1 atom stereocenters. The van der Waals surface area contributed by atoms with Gasteiger partial charge in [-0.05, 0) is 48.4 Å². The molecule has 0 amide bonds. The van der Waals surface area contributed by atoms with Gasteiger partial charge in [0.15, 0.2) is 0 Å². The zero-order valence-corrected chi connectivity index (χ0v) is 12.2. The number of benzene rings is 1. The molecule has 1 aromatic carbocycles. The quantitative estimate of drug-likeness (QED) is 0.654. The van der Waals surface area contributed by atoms with Crippen LogP contribution in [0, 0.1) is 10.1 Å². The standard InChI is InChI=1S/C14H13ClN2O2S/c15-11-5-4-9(8-13(11)17(18)19)16-12-2-1-3-14-10(12)6-7-20-14/h4-8,12,16H,1-3H2. The number of thiophene rings is 1. The summed E-state index contributed by atoms with van der Waals surface area (Å²) < 4.78 is 0. The molecule has 2 aromatic rings.